The van der Waals surface area contributed by atoms with Crippen LogP contribution in [0, 0.1) is 5.92 Å². The minimum absolute atomic E-state index is 0.106. The van der Waals surface area contributed by atoms with Crippen LogP contribution in [0.2, 0.25) is 0 Å². The Hall–Kier alpha value is -1.40. The van der Waals surface area contributed by atoms with Crippen molar-refractivity contribution in [1.29, 1.82) is 0 Å². The number of hydrogen-bond donors (Lipinski definition) is 0. The molecule has 0 radical (unpaired) electrons. The summed E-state index contributed by atoms with van der Waals surface area (Å²) in [7, 11) is 3.76. The third kappa shape index (κ3) is 4.54. The molecule has 1 fully saturated rings. The number of rotatable bonds is 5. The third-order valence-electron chi connectivity index (χ3n) is 4.28. The van der Waals surface area contributed by atoms with Crippen LogP contribution in [0.3, 0.4) is 0 Å². The topological polar surface area (TPSA) is 50.6 Å². The van der Waals surface area contributed by atoms with Crippen LogP contribution >= 0.6 is 0 Å². The molecule has 1 saturated heterocycles. The van der Waals surface area contributed by atoms with E-state index in [4.69, 9.17) is 4.74 Å². The molecule has 1 aliphatic heterocycles. The average molecular weight is 322 g/mol. The highest BCUT2D eigenvalue weighted by Gasteiger charge is 2.35. The number of carbonyl (C=O) groups excluding carboxylic acids is 1. The lowest BCUT2D eigenvalue weighted by Gasteiger charge is -2.42. The Bertz CT molecular complexity index is 518. The van der Waals surface area contributed by atoms with E-state index in [1.165, 1.54) is 0 Å². The highest BCUT2D eigenvalue weighted by atomic mass is 16.5. The molecule has 1 aromatic rings. The molecule has 0 aliphatic carbocycles. The van der Waals surface area contributed by atoms with E-state index in [1.54, 1.807) is 4.68 Å². The van der Waals surface area contributed by atoms with Crippen molar-refractivity contribution in [3.05, 3.63) is 18.0 Å². The van der Waals surface area contributed by atoms with Gasteiger partial charge in [0, 0.05) is 45.5 Å². The summed E-state index contributed by atoms with van der Waals surface area (Å²) >= 11 is 0. The van der Waals surface area contributed by atoms with Gasteiger partial charge < -0.3 is 9.64 Å². The molecule has 23 heavy (non-hydrogen) atoms. The quantitative estimate of drug-likeness (QED) is 0.824. The average Bonchev–Trinajstić information content (AvgIpc) is 2.82. The lowest BCUT2D eigenvalue weighted by atomic mass is 9.99. The molecular weight excluding hydrogens is 292 g/mol. The minimum Gasteiger partial charge on any atom is -0.373 e. The van der Waals surface area contributed by atoms with Crippen molar-refractivity contribution in [2.45, 2.75) is 52.5 Å². The highest BCUT2D eigenvalue weighted by molar-refractivity contribution is 5.82. The first-order valence-electron chi connectivity index (χ1n) is 8.40. The van der Waals surface area contributed by atoms with Gasteiger partial charge in [-0.05, 0) is 19.8 Å². The van der Waals surface area contributed by atoms with Crippen molar-refractivity contribution in [2.24, 2.45) is 13.0 Å². The summed E-state index contributed by atoms with van der Waals surface area (Å²) in [6.07, 6.45) is 4.09. The zero-order valence-electron chi connectivity index (χ0n) is 15.2. The van der Waals surface area contributed by atoms with Crippen LogP contribution in [0.25, 0.3) is 0 Å². The van der Waals surface area contributed by atoms with Crippen molar-refractivity contribution in [1.82, 2.24) is 19.6 Å². The Morgan fingerprint density at radius 1 is 1.39 bits per heavy atom. The Balaban J connectivity index is 2.08. The van der Waals surface area contributed by atoms with Gasteiger partial charge in [-0.15, -0.1) is 0 Å². The summed E-state index contributed by atoms with van der Waals surface area (Å²) in [5.41, 5.74) is 1.05. The molecular formula is C17H30N4O2. The highest BCUT2D eigenvalue weighted by Crippen LogP contribution is 2.20. The normalized spacial score (nSPS) is 24.0. The molecule has 3 unspecified atom stereocenters. The van der Waals surface area contributed by atoms with Crippen LogP contribution < -0.4 is 0 Å². The lowest BCUT2D eigenvalue weighted by molar-refractivity contribution is -0.144. The molecule has 1 aromatic heterocycles. The third-order valence-corrected chi connectivity index (χ3v) is 4.28. The van der Waals surface area contributed by atoms with Crippen molar-refractivity contribution < 1.29 is 9.53 Å². The molecule has 2 heterocycles. The summed E-state index contributed by atoms with van der Waals surface area (Å²) < 4.78 is 7.57. The maximum absolute atomic E-state index is 13.0. The predicted octanol–water partition coefficient (Wildman–Crippen LogP) is 1.51. The van der Waals surface area contributed by atoms with E-state index in [2.05, 4.69) is 37.7 Å². The lowest BCUT2D eigenvalue weighted by Crippen LogP contribution is -2.57. The van der Waals surface area contributed by atoms with Crippen LogP contribution in [0.15, 0.2) is 12.4 Å². The molecule has 1 aliphatic rings. The summed E-state index contributed by atoms with van der Waals surface area (Å²) in [6.45, 7) is 10.6. The molecule has 0 spiro atoms. The van der Waals surface area contributed by atoms with Crippen molar-refractivity contribution in [3.63, 3.8) is 0 Å². The van der Waals surface area contributed by atoms with Gasteiger partial charge in [-0.3, -0.25) is 14.4 Å². The van der Waals surface area contributed by atoms with Gasteiger partial charge >= 0.3 is 0 Å². The van der Waals surface area contributed by atoms with Gasteiger partial charge in [0.1, 0.15) is 0 Å². The molecule has 6 heteroatoms. The first-order valence-corrected chi connectivity index (χ1v) is 8.40. The number of morpholine rings is 1. The fourth-order valence-electron chi connectivity index (χ4n) is 3.44. The first-order chi connectivity index (χ1) is 10.8. The maximum Gasteiger partial charge on any atom is 0.240 e. The Morgan fingerprint density at radius 3 is 2.48 bits per heavy atom. The molecule has 1 amide bonds. The summed E-state index contributed by atoms with van der Waals surface area (Å²) in [4.78, 5) is 17.1. The SMILES string of the molecule is CC1CN(C(C(=O)N(C)Cc2cnn(C)c2)C(C)C)CC(C)O1. The van der Waals surface area contributed by atoms with Crippen LogP contribution in [-0.4, -0.2) is 63.9 Å². The van der Waals surface area contributed by atoms with E-state index in [-0.39, 0.29) is 30.1 Å². The maximum atomic E-state index is 13.0. The second kappa shape index (κ2) is 7.45. The number of aromatic nitrogens is 2. The van der Waals surface area contributed by atoms with E-state index < -0.39 is 0 Å². The van der Waals surface area contributed by atoms with Crippen LogP contribution in [-0.2, 0) is 23.1 Å². The molecule has 2 rings (SSSR count). The van der Waals surface area contributed by atoms with Crippen LogP contribution in [0.4, 0.5) is 0 Å². The number of aryl methyl sites for hydroxylation is 1. The standard InChI is InChI=1S/C17H30N4O2/c1-12(2)16(21-8-13(3)23-14(4)9-21)17(22)19(5)10-15-7-18-20(6)11-15/h7,11-14,16H,8-10H2,1-6H3. The van der Waals surface area contributed by atoms with Crippen molar-refractivity contribution in [2.75, 3.05) is 20.1 Å². The second-order valence-corrected chi connectivity index (χ2v) is 7.12. The van der Waals surface area contributed by atoms with Gasteiger partial charge in [-0.2, -0.15) is 5.10 Å². The molecule has 130 valence electrons. The molecule has 3 atom stereocenters. The van der Waals surface area contributed by atoms with Gasteiger partial charge in [0.2, 0.25) is 5.91 Å². The smallest absolute Gasteiger partial charge is 0.240 e. The summed E-state index contributed by atoms with van der Waals surface area (Å²) in [5.74, 6) is 0.432. The molecule has 0 N–H and O–H groups in total. The van der Waals surface area contributed by atoms with E-state index >= 15 is 0 Å². The number of hydrogen-bond acceptors (Lipinski definition) is 4. The van der Waals surface area contributed by atoms with E-state index in [0.29, 0.717) is 6.54 Å². The zero-order valence-corrected chi connectivity index (χ0v) is 15.2. The fourth-order valence-corrected chi connectivity index (χ4v) is 3.44. The number of amides is 1. The van der Waals surface area contributed by atoms with Gasteiger partial charge in [0.05, 0.1) is 24.4 Å². The molecule has 0 saturated carbocycles. The van der Waals surface area contributed by atoms with Gasteiger partial charge in [-0.25, -0.2) is 0 Å². The predicted molar refractivity (Wildman–Crippen MR) is 89.9 cm³/mol. The zero-order chi connectivity index (χ0) is 17.1. The van der Waals surface area contributed by atoms with Gasteiger partial charge in [-0.1, -0.05) is 13.8 Å². The van der Waals surface area contributed by atoms with Crippen LogP contribution in [0.5, 0.6) is 0 Å². The summed E-state index contributed by atoms with van der Waals surface area (Å²) in [5, 5.41) is 4.17. The summed E-state index contributed by atoms with van der Waals surface area (Å²) in [6, 6.07) is -0.106. The van der Waals surface area contributed by atoms with E-state index in [0.717, 1.165) is 18.7 Å². The fraction of sp³-hybridized carbons (Fsp3) is 0.765. The first kappa shape index (κ1) is 17.9. The number of nitrogens with zero attached hydrogens (tertiary/aromatic N) is 4. The molecule has 0 aromatic carbocycles. The Labute approximate surface area is 139 Å². The van der Waals surface area contributed by atoms with E-state index in [9.17, 15) is 4.79 Å². The minimum atomic E-state index is -0.106. The molecule has 6 nitrogen and oxygen atoms in total. The second-order valence-electron chi connectivity index (χ2n) is 7.12. The van der Waals surface area contributed by atoms with Crippen molar-refractivity contribution >= 4 is 5.91 Å². The molecule has 0 bridgehead atoms. The number of likely N-dealkylation sites (N-methyl/N-ethyl adjacent to an activating group) is 1. The van der Waals surface area contributed by atoms with Crippen molar-refractivity contribution in [3.8, 4) is 0 Å². The number of carbonyl (C=O) groups is 1. The largest absolute Gasteiger partial charge is 0.373 e. The van der Waals surface area contributed by atoms with E-state index in [1.807, 2.05) is 31.4 Å². The Kier molecular flexibility index (Phi) is 5.81. The number of ether oxygens (including phenoxy) is 1. The monoisotopic (exact) mass is 322 g/mol. The van der Waals surface area contributed by atoms with Gasteiger partial charge in [0.25, 0.3) is 0 Å². The van der Waals surface area contributed by atoms with Crippen LogP contribution in [0.1, 0.15) is 33.3 Å². The van der Waals surface area contributed by atoms with Gasteiger partial charge in [0.15, 0.2) is 0 Å². The Morgan fingerprint density at radius 2 is 2.00 bits per heavy atom.